The van der Waals surface area contributed by atoms with E-state index in [9.17, 15) is 9.18 Å². The zero-order valence-corrected chi connectivity index (χ0v) is 9.82. The van der Waals surface area contributed by atoms with Crippen LogP contribution in [0.2, 0.25) is 0 Å². The topological polar surface area (TPSA) is 40.5 Å². The number of rotatable bonds is 4. The van der Waals surface area contributed by atoms with Crippen LogP contribution in [0.1, 0.15) is 35.2 Å². The summed E-state index contributed by atoms with van der Waals surface area (Å²) in [4.78, 5) is 13.0. The number of hydrogen-bond donors (Lipinski definition) is 1. The molecule has 1 aromatic carbocycles. The summed E-state index contributed by atoms with van der Waals surface area (Å²) in [6.45, 7) is 0.672. The van der Waals surface area contributed by atoms with Gasteiger partial charge in [0.15, 0.2) is 0 Å². The smallest absolute Gasteiger partial charge is 0.338 e. The molecule has 1 N–H and O–H groups in total. The Balaban J connectivity index is 2.10. The van der Waals surface area contributed by atoms with Crippen LogP contribution in [0.5, 0.6) is 0 Å². The molecular weight excluding hydrogens is 221 g/mol. The van der Waals surface area contributed by atoms with Crippen LogP contribution in [-0.4, -0.2) is 29.1 Å². The van der Waals surface area contributed by atoms with Crippen molar-refractivity contribution in [3.8, 4) is 0 Å². The Morgan fingerprint density at radius 3 is 2.76 bits per heavy atom. The lowest BCUT2D eigenvalue weighted by Gasteiger charge is -2.34. The summed E-state index contributed by atoms with van der Waals surface area (Å²) in [7, 11) is 2.02. The first-order valence-corrected chi connectivity index (χ1v) is 5.80. The van der Waals surface area contributed by atoms with E-state index in [2.05, 4.69) is 4.90 Å². The lowest BCUT2D eigenvalue weighted by atomic mass is 9.91. The molecule has 1 fully saturated rings. The van der Waals surface area contributed by atoms with Gasteiger partial charge < -0.3 is 5.11 Å². The minimum absolute atomic E-state index is 0.246. The van der Waals surface area contributed by atoms with E-state index in [4.69, 9.17) is 5.11 Å². The van der Waals surface area contributed by atoms with Gasteiger partial charge in [0.05, 0.1) is 5.56 Å². The number of aromatic carboxylic acids is 1. The maximum atomic E-state index is 13.2. The monoisotopic (exact) mass is 237 g/mol. The van der Waals surface area contributed by atoms with Gasteiger partial charge in [0.1, 0.15) is 5.82 Å². The molecule has 92 valence electrons. The van der Waals surface area contributed by atoms with E-state index in [1.165, 1.54) is 31.4 Å². The van der Waals surface area contributed by atoms with Crippen LogP contribution in [0, 0.1) is 5.82 Å². The van der Waals surface area contributed by atoms with Crippen LogP contribution in [0.15, 0.2) is 18.2 Å². The number of carboxylic acids is 1. The van der Waals surface area contributed by atoms with Gasteiger partial charge in [-0.2, -0.15) is 0 Å². The largest absolute Gasteiger partial charge is 0.478 e. The zero-order valence-electron chi connectivity index (χ0n) is 9.82. The van der Waals surface area contributed by atoms with Crippen molar-refractivity contribution in [1.82, 2.24) is 4.90 Å². The second-order valence-electron chi connectivity index (χ2n) is 4.62. The second-order valence-corrected chi connectivity index (χ2v) is 4.62. The van der Waals surface area contributed by atoms with Crippen molar-refractivity contribution in [3.05, 3.63) is 35.1 Å². The molecule has 17 heavy (non-hydrogen) atoms. The van der Waals surface area contributed by atoms with Gasteiger partial charge in [0.25, 0.3) is 0 Å². The van der Waals surface area contributed by atoms with Crippen molar-refractivity contribution in [1.29, 1.82) is 0 Å². The predicted octanol–water partition coefficient (Wildman–Crippen LogP) is 2.51. The summed E-state index contributed by atoms with van der Waals surface area (Å²) in [5, 5.41) is 8.84. The summed E-state index contributed by atoms with van der Waals surface area (Å²) in [5.74, 6) is -1.89. The Kier molecular flexibility index (Phi) is 3.43. The van der Waals surface area contributed by atoms with Crippen molar-refractivity contribution in [2.45, 2.75) is 31.8 Å². The lowest BCUT2D eigenvalue weighted by Crippen LogP contribution is -2.36. The van der Waals surface area contributed by atoms with Gasteiger partial charge in [0, 0.05) is 12.6 Å². The van der Waals surface area contributed by atoms with Gasteiger partial charge in [-0.05, 0) is 37.6 Å². The number of carbonyl (C=O) groups is 1. The molecule has 0 unspecified atom stereocenters. The molecule has 0 atom stereocenters. The molecule has 0 bridgehead atoms. The fraction of sp³-hybridized carbons (Fsp3) is 0.462. The fourth-order valence-electron chi connectivity index (χ4n) is 2.08. The average molecular weight is 237 g/mol. The number of hydrogen-bond acceptors (Lipinski definition) is 2. The maximum Gasteiger partial charge on any atom is 0.338 e. The molecule has 1 aliphatic carbocycles. The summed E-state index contributed by atoms with van der Waals surface area (Å²) in [6, 6.07) is 4.89. The van der Waals surface area contributed by atoms with E-state index in [0.717, 1.165) is 5.56 Å². The maximum absolute atomic E-state index is 13.2. The molecule has 0 spiro atoms. The molecular formula is C13H16FNO2. The van der Waals surface area contributed by atoms with E-state index in [1.54, 1.807) is 6.07 Å². The Labute approximate surface area is 99.9 Å². The van der Waals surface area contributed by atoms with Crippen molar-refractivity contribution < 1.29 is 14.3 Å². The third-order valence-corrected chi connectivity index (χ3v) is 3.39. The number of halogens is 1. The minimum atomic E-state index is -1.21. The summed E-state index contributed by atoms with van der Waals surface area (Å²) >= 11 is 0. The Bertz CT molecular complexity index is 429. The molecule has 0 aliphatic heterocycles. The quantitative estimate of drug-likeness (QED) is 0.874. The lowest BCUT2D eigenvalue weighted by molar-refractivity contribution is 0.0691. The van der Waals surface area contributed by atoms with Crippen LogP contribution in [0.25, 0.3) is 0 Å². The summed E-state index contributed by atoms with van der Waals surface area (Å²) in [6.07, 6.45) is 3.66. The first-order chi connectivity index (χ1) is 8.08. The first kappa shape index (κ1) is 12.0. The molecule has 0 amide bonds. The molecule has 1 saturated carbocycles. The highest BCUT2D eigenvalue weighted by atomic mass is 19.1. The van der Waals surface area contributed by atoms with Crippen LogP contribution >= 0.6 is 0 Å². The van der Waals surface area contributed by atoms with Crippen molar-refractivity contribution in [2.24, 2.45) is 0 Å². The number of benzene rings is 1. The minimum Gasteiger partial charge on any atom is -0.478 e. The van der Waals surface area contributed by atoms with E-state index in [-0.39, 0.29) is 5.56 Å². The molecule has 4 heteroatoms. The van der Waals surface area contributed by atoms with Crippen LogP contribution in [-0.2, 0) is 6.54 Å². The van der Waals surface area contributed by atoms with Crippen LogP contribution in [0.3, 0.4) is 0 Å². The molecule has 2 rings (SSSR count). The van der Waals surface area contributed by atoms with Gasteiger partial charge in [-0.15, -0.1) is 0 Å². The van der Waals surface area contributed by atoms with E-state index in [1.807, 2.05) is 7.05 Å². The average Bonchev–Trinajstić information content (AvgIpc) is 2.17. The molecule has 0 radical (unpaired) electrons. The highest BCUT2D eigenvalue weighted by Gasteiger charge is 2.22. The fourth-order valence-corrected chi connectivity index (χ4v) is 2.08. The van der Waals surface area contributed by atoms with Crippen molar-refractivity contribution in [2.75, 3.05) is 7.05 Å². The molecule has 3 nitrogen and oxygen atoms in total. The molecule has 1 aliphatic rings. The highest BCUT2D eigenvalue weighted by molar-refractivity contribution is 5.88. The van der Waals surface area contributed by atoms with E-state index in [0.29, 0.717) is 12.6 Å². The summed E-state index contributed by atoms with van der Waals surface area (Å²) in [5.41, 5.74) is 0.600. The second kappa shape index (κ2) is 4.84. The third-order valence-electron chi connectivity index (χ3n) is 3.39. The predicted molar refractivity (Wildman–Crippen MR) is 62.5 cm³/mol. The van der Waals surface area contributed by atoms with Gasteiger partial charge in [-0.25, -0.2) is 9.18 Å². The Morgan fingerprint density at radius 2 is 2.24 bits per heavy atom. The zero-order chi connectivity index (χ0) is 12.4. The SMILES string of the molecule is CN(Cc1ccc(F)c(C(=O)O)c1)C1CCC1. The van der Waals surface area contributed by atoms with Crippen molar-refractivity contribution in [3.63, 3.8) is 0 Å². The highest BCUT2D eigenvalue weighted by Crippen LogP contribution is 2.25. The Hall–Kier alpha value is -1.42. The van der Waals surface area contributed by atoms with Gasteiger partial charge in [-0.1, -0.05) is 12.5 Å². The van der Waals surface area contributed by atoms with Gasteiger partial charge in [-0.3, -0.25) is 4.90 Å². The van der Waals surface area contributed by atoms with Gasteiger partial charge in [0.2, 0.25) is 0 Å². The third kappa shape index (κ3) is 2.64. The molecule has 0 aromatic heterocycles. The van der Waals surface area contributed by atoms with E-state index >= 15 is 0 Å². The van der Waals surface area contributed by atoms with E-state index < -0.39 is 11.8 Å². The molecule has 1 aromatic rings. The number of nitrogens with zero attached hydrogens (tertiary/aromatic N) is 1. The van der Waals surface area contributed by atoms with Gasteiger partial charge >= 0.3 is 5.97 Å². The molecule has 0 saturated heterocycles. The summed E-state index contributed by atoms with van der Waals surface area (Å²) < 4.78 is 13.2. The Morgan fingerprint density at radius 1 is 1.53 bits per heavy atom. The number of carboxylic acid groups (broad SMARTS) is 1. The molecule has 0 heterocycles. The van der Waals surface area contributed by atoms with Crippen molar-refractivity contribution >= 4 is 5.97 Å². The first-order valence-electron chi connectivity index (χ1n) is 5.80. The normalized spacial score (nSPS) is 15.9. The standard InChI is InChI=1S/C13H16FNO2/c1-15(10-3-2-4-10)8-9-5-6-12(14)11(7-9)13(16)17/h5-7,10H,2-4,8H2,1H3,(H,16,17). The van der Waals surface area contributed by atoms with Crippen LogP contribution in [0.4, 0.5) is 4.39 Å². The van der Waals surface area contributed by atoms with Crippen LogP contribution < -0.4 is 0 Å².